The minimum Gasteiger partial charge on any atom is -0.480 e. The minimum atomic E-state index is -0.987. The molecule has 1 aromatic heterocycles. The normalized spacial score (nSPS) is 11.9. The van der Waals surface area contributed by atoms with Gasteiger partial charge in [-0.3, -0.25) is 0 Å². The lowest BCUT2D eigenvalue weighted by atomic mass is 10.2. The Bertz CT molecular complexity index is 423. The van der Waals surface area contributed by atoms with E-state index in [2.05, 4.69) is 5.32 Å². The van der Waals surface area contributed by atoms with E-state index in [1.165, 1.54) is 9.78 Å². The Morgan fingerprint density at radius 1 is 1.55 bits per heavy atom. The maximum absolute atomic E-state index is 11.9. The van der Waals surface area contributed by atoms with Crippen molar-refractivity contribution in [2.45, 2.75) is 18.9 Å². The summed E-state index contributed by atoms with van der Waals surface area (Å²) in [6.07, 6.45) is 3.12. The topological polar surface area (TPSA) is 69.6 Å². The van der Waals surface area contributed by atoms with Crippen LogP contribution in [-0.2, 0) is 11.2 Å². The Kier molecular flexibility index (Phi) is 7.46. The number of carbonyl (C=O) groups is 2. The van der Waals surface area contributed by atoms with Crippen LogP contribution in [0.25, 0.3) is 0 Å². The highest BCUT2D eigenvalue weighted by Gasteiger charge is 2.21. The van der Waals surface area contributed by atoms with E-state index in [4.69, 9.17) is 5.11 Å². The van der Waals surface area contributed by atoms with Gasteiger partial charge in [0.2, 0.25) is 0 Å². The number of aliphatic carboxylic acids is 1. The predicted molar refractivity (Wildman–Crippen MR) is 83.6 cm³/mol. The van der Waals surface area contributed by atoms with Crippen molar-refractivity contribution < 1.29 is 14.7 Å². The second-order valence-electron chi connectivity index (χ2n) is 4.37. The molecule has 1 atom stereocenters. The van der Waals surface area contributed by atoms with E-state index < -0.39 is 12.0 Å². The fourth-order valence-corrected chi connectivity index (χ4v) is 2.76. The summed E-state index contributed by atoms with van der Waals surface area (Å²) < 4.78 is 0. The van der Waals surface area contributed by atoms with Crippen LogP contribution >= 0.6 is 23.1 Å². The van der Waals surface area contributed by atoms with Crippen molar-refractivity contribution in [2.24, 2.45) is 0 Å². The molecule has 7 heteroatoms. The van der Waals surface area contributed by atoms with Gasteiger partial charge in [-0.25, -0.2) is 9.59 Å². The molecule has 2 N–H and O–H groups in total. The zero-order chi connectivity index (χ0) is 15.0. The number of carboxylic acid groups (broad SMARTS) is 1. The third-order valence-electron chi connectivity index (χ3n) is 2.83. The molecule has 0 aliphatic heterocycles. The molecule has 0 bridgehead atoms. The molecule has 0 unspecified atom stereocenters. The van der Waals surface area contributed by atoms with E-state index >= 15 is 0 Å². The highest BCUT2D eigenvalue weighted by atomic mass is 32.2. The van der Waals surface area contributed by atoms with Gasteiger partial charge in [-0.15, -0.1) is 11.3 Å². The third-order valence-corrected chi connectivity index (χ3v) is 4.41. The van der Waals surface area contributed by atoms with Crippen LogP contribution in [0.3, 0.4) is 0 Å². The summed E-state index contributed by atoms with van der Waals surface area (Å²) in [5.41, 5.74) is 0. The van der Waals surface area contributed by atoms with E-state index in [0.717, 1.165) is 6.42 Å². The average Bonchev–Trinajstić information content (AvgIpc) is 2.93. The Balaban J connectivity index is 2.40. The van der Waals surface area contributed by atoms with Crippen LogP contribution in [0.15, 0.2) is 17.5 Å². The minimum absolute atomic E-state index is 0.338. The van der Waals surface area contributed by atoms with Crippen LogP contribution in [-0.4, -0.2) is 53.6 Å². The zero-order valence-corrected chi connectivity index (χ0v) is 13.3. The summed E-state index contributed by atoms with van der Waals surface area (Å²) in [5, 5.41) is 13.6. The van der Waals surface area contributed by atoms with Crippen molar-refractivity contribution in [3.8, 4) is 0 Å². The molecule has 0 fully saturated rings. The number of hydrogen-bond donors (Lipinski definition) is 2. The molecule has 0 saturated heterocycles. The van der Waals surface area contributed by atoms with Gasteiger partial charge >= 0.3 is 12.0 Å². The maximum atomic E-state index is 11.9. The number of nitrogens with one attached hydrogen (secondary N) is 1. The van der Waals surface area contributed by atoms with Gasteiger partial charge in [0.1, 0.15) is 6.04 Å². The monoisotopic (exact) mass is 316 g/mol. The van der Waals surface area contributed by atoms with Crippen LogP contribution in [0.2, 0.25) is 0 Å². The number of amides is 2. The van der Waals surface area contributed by atoms with Gasteiger partial charge in [0.05, 0.1) is 0 Å². The molecule has 0 aliphatic rings. The third kappa shape index (κ3) is 5.83. The lowest BCUT2D eigenvalue weighted by molar-refractivity contribution is -0.139. The number of carbonyl (C=O) groups excluding carboxylic acids is 1. The van der Waals surface area contributed by atoms with Crippen molar-refractivity contribution in [1.29, 1.82) is 0 Å². The second-order valence-corrected chi connectivity index (χ2v) is 6.39. The van der Waals surface area contributed by atoms with Gasteiger partial charge in [0.25, 0.3) is 0 Å². The standard InChI is InChI=1S/C13H20N2O3S2/c1-15(7-5-10-4-3-8-20-10)13(18)14-11(12(16)17)6-9-19-2/h3-4,8,11H,5-7,9H2,1-2H3,(H,14,18)(H,16,17)/t11-/m1/s1. The Labute approximate surface area is 127 Å². The van der Waals surface area contributed by atoms with Gasteiger partial charge in [-0.05, 0) is 36.3 Å². The number of hydrogen-bond acceptors (Lipinski definition) is 4. The molecule has 1 rings (SSSR count). The second kappa shape index (κ2) is 8.86. The summed E-state index contributed by atoms with van der Waals surface area (Å²) >= 11 is 3.22. The first-order valence-electron chi connectivity index (χ1n) is 6.30. The number of carboxylic acids is 1. The summed E-state index contributed by atoms with van der Waals surface area (Å²) in [4.78, 5) is 25.7. The van der Waals surface area contributed by atoms with Crippen molar-refractivity contribution >= 4 is 35.1 Å². The zero-order valence-electron chi connectivity index (χ0n) is 11.7. The van der Waals surface area contributed by atoms with Crippen LogP contribution in [0, 0.1) is 0 Å². The van der Waals surface area contributed by atoms with E-state index in [9.17, 15) is 9.59 Å². The smallest absolute Gasteiger partial charge is 0.326 e. The lowest BCUT2D eigenvalue weighted by Gasteiger charge is -2.21. The molecule has 0 saturated carbocycles. The molecular weight excluding hydrogens is 296 g/mol. The molecular formula is C13H20N2O3S2. The van der Waals surface area contributed by atoms with Crippen LogP contribution < -0.4 is 5.32 Å². The highest BCUT2D eigenvalue weighted by Crippen LogP contribution is 2.09. The average molecular weight is 316 g/mol. The van der Waals surface area contributed by atoms with Crippen LogP contribution in [0.4, 0.5) is 4.79 Å². The number of nitrogens with zero attached hydrogens (tertiary/aromatic N) is 1. The summed E-state index contributed by atoms with van der Waals surface area (Å²) in [7, 11) is 1.68. The van der Waals surface area contributed by atoms with Gasteiger partial charge < -0.3 is 15.3 Å². The number of likely N-dealkylation sites (N-methyl/N-ethyl adjacent to an activating group) is 1. The first kappa shape index (κ1) is 16.8. The van der Waals surface area contributed by atoms with E-state index in [0.29, 0.717) is 18.7 Å². The first-order chi connectivity index (χ1) is 9.54. The summed E-state index contributed by atoms with van der Waals surface area (Å²) in [5.74, 6) is -0.282. The van der Waals surface area contributed by atoms with Crippen molar-refractivity contribution in [2.75, 3.05) is 25.6 Å². The molecule has 0 spiro atoms. The SMILES string of the molecule is CSCC[C@@H](NC(=O)N(C)CCc1cccs1)C(=O)O. The van der Waals surface area contributed by atoms with Gasteiger partial charge in [0, 0.05) is 18.5 Å². The molecule has 1 aromatic rings. The molecule has 5 nitrogen and oxygen atoms in total. The number of thiophene rings is 1. The van der Waals surface area contributed by atoms with E-state index in [-0.39, 0.29) is 6.03 Å². The lowest BCUT2D eigenvalue weighted by Crippen LogP contribution is -2.47. The Morgan fingerprint density at radius 2 is 2.30 bits per heavy atom. The van der Waals surface area contributed by atoms with Gasteiger partial charge in [-0.1, -0.05) is 6.07 Å². The molecule has 0 aromatic carbocycles. The Hall–Kier alpha value is -1.21. The van der Waals surface area contributed by atoms with E-state index in [1.54, 1.807) is 30.1 Å². The fourth-order valence-electron chi connectivity index (χ4n) is 1.59. The largest absolute Gasteiger partial charge is 0.480 e. The first-order valence-corrected chi connectivity index (χ1v) is 8.57. The Morgan fingerprint density at radius 3 is 2.85 bits per heavy atom. The van der Waals surface area contributed by atoms with Crippen molar-refractivity contribution in [1.82, 2.24) is 10.2 Å². The quantitative estimate of drug-likeness (QED) is 0.771. The highest BCUT2D eigenvalue weighted by molar-refractivity contribution is 7.98. The fraction of sp³-hybridized carbons (Fsp3) is 0.538. The van der Waals surface area contributed by atoms with Gasteiger partial charge in [-0.2, -0.15) is 11.8 Å². The molecule has 20 heavy (non-hydrogen) atoms. The summed E-state index contributed by atoms with van der Waals surface area (Å²) in [6, 6.07) is 2.84. The number of rotatable bonds is 8. The molecule has 0 radical (unpaired) electrons. The molecule has 112 valence electrons. The molecule has 0 aliphatic carbocycles. The van der Waals surface area contributed by atoms with Crippen LogP contribution in [0.1, 0.15) is 11.3 Å². The van der Waals surface area contributed by atoms with Crippen LogP contribution in [0.5, 0.6) is 0 Å². The molecule has 1 heterocycles. The van der Waals surface area contributed by atoms with Crippen molar-refractivity contribution in [3.63, 3.8) is 0 Å². The summed E-state index contributed by atoms with van der Waals surface area (Å²) in [6.45, 7) is 0.571. The van der Waals surface area contributed by atoms with Crippen molar-refractivity contribution in [3.05, 3.63) is 22.4 Å². The molecule has 2 amide bonds. The number of urea groups is 1. The predicted octanol–water partition coefficient (Wildman–Crippen LogP) is 2.14. The van der Waals surface area contributed by atoms with Gasteiger partial charge in [0.15, 0.2) is 0 Å². The maximum Gasteiger partial charge on any atom is 0.326 e. The van der Waals surface area contributed by atoms with E-state index in [1.807, 2.05) is 23.8 Å². The number of thioether (sulfide) groups is 1.